The lowest BCUT2D eigenvalue weighted by atomic mass is 9.97. The maximum Gasteiger partial charge on any atom is 0.244 e. The third-order valence-electron chi connectivity index (χ3n) is 5.11. The summed E-state index contributed by atoms with van der Waals surface area (Å²) in [6.45, 7) is 3.32. The van der Waals surface area contributed by atoms with Gasteiger partial charge in [-0.25, -0.2) is 13.4 Å². The summed E-state index contributed by atoms with van der Waals surface area (Å²) < 4.78 is 28.0. The highest BCUT2D eigenvalue weighted by molar-refractivity contribution is 7.89. The Bertz CT molecular complexity index is 1000. The van der Waals surface area contributed by atoms with Crippen LogP contribution in [0.4, 0.5) is 11.5 Å². The Balaban J connectivity index is 1.38. The molecule has 2 aliphatic heterocycles. The number of fused-ring (bicyclic) bond motifs is 1. The van der Waals surface area contributed by atoms with Crippen molar-refractivity contribution < 1.29 is 13.2 Å². The molecule has 28 heavy (non-hydrogen) atoms. The van der Waals surface area contributed by atoms with Crippen LogP contribution in [0.15, 0.2) is 47.4 Å². The highest BCUT2D eigenvalue weighted by atomic mass is 32.2. The number of amides is 1. The smallest absolute Gasteiger partial charge is 0.244 e. The van der Waals surface area contributed by atoms with Crippen molar-refractivity contribution in [1.29, 1.82) is 0 Å². The highest BCUT2D eigenvalue weighted by Crippen LogP contribution is 2.34. The summed E-state index contributed by atoms with van der Waals surface area (Å²) in [5.41, 5.74) is 0.754. The number of aryl methyl sites for hydroxylation is 1. The molecule has 8 nitrogen and oxygen atoms in total. The van der Waals surface area contributed by atoms with Crippen LogP contribution in [-0.4, -0.2) is 49.5 Å². The Labute approximate surface area is 164 Å². The topological polar surface area (TPSA) is 103 Å². The van der Waals surface area contributed by atoms with Crippen molar-refractivity contribution in [2.24, 2.45) is 0 Å². The molecule has 1 spiro atoms. The number of pyridine rings is 1. The van der Waals surface area contributed by atoms with Gasteiger partial charge in [-0.2, -0.15) is 4.72 Å². The number of para-hydroxylation sites is 1. The molecule has 0 atom stereocenters. The first-order valence-corrected chi connectivity index (χ1v) is 10.7. The van der Waals surface area contributed by atoms with E-state index in [1.165, 1.54) is 0 Å². The zero-order valence-electron chi connectivity index (χ0n) is 15.6. The Morgan fingerprint density at radius 1 is 1.18 bits per heavy atom. The highest BCUT2D eigenvalue weighted by Gasteiger charge is 2.43. The van der Waals surface area contributed by atoms with Crippen molar-refractivity contribution in [3.05, 3.63) is 48.2 Å². The van der Waals surface area contributed by atoms with Crippen LogP contribution >= 0.6 is 0 Å². The zero-order chi connectivity index (χ0) is 19.8. The maximum atomic E-state index is 12.6. The molecular weight excluding hydrogens is 378 g/mol. The van der Waals surface area contributed by atoms with E-state index in [1.54, 1.807) is 24.3 Å². The summed E-state index contributed by atoms with van der Waals surface area (Å²) in [5.74, 6) is 0.411. The van der Waals surface area contributed by atoms with Crippen molar-refractivity contribution in [3.63, 3.8) is 0 Å². The monoisotopic (exact) mass is 401 g/mol. The van der Waals surface area contributed by atoms with Crippen LogP contribution in [0.5, 0.6) is 0 Å². The van der Waals surface area contributed by atoms with Crippen molar-refractivity contribution in [2.45, 2.75) is 30.3 Å². The number of benzene rings is 1. The van der Waals surface area contributed by atoms with Crippen molar-refractivity contribution in [2.75, 3.05) is 30.3 Å². The molecule has 0 saturated carbocycles. The van der Waals surface area contributed by atoms with E-state index in [0.717, 1.165) is 5.69 Å². The minimum absolute atomic E-state index is 0.128. The summed E-state index contributed by atoms with van der Waals surface area (Å²) in [6, 6.07) is 12.4. The van der Waals surface area contributed by atoms with Gasteiger partial charge in [-0.15, -0.1) is 0 Å². The van der Waals surface area contributed by atoms with Gasteiger partial charge in [0, 0.05) is 18.8 Å². The number of likely N-dealkylation sites (tertiary alicyclic amines) is 1. The molecule has 148 valence electrons. The molecule has 3 heterocycles. The fourth-order valence-corrected chi connectivity index (χ4v) is 5.26. The molecule has 4 rings (SSSR count). The van der Waals surface area contributed by atoms with Gasteiger partial charge in [0.25, 0.3) is 0 Å². The first-order valence-electron chi connectivity index (χ1n) is 9.22. The summed E-state index contributed by atoms with van der Waals surface area (Å²) in [6.07, 6.45) is 1.13. The molecule has 2 aromatic rings. The van der Waals surface area contributed by atoms with Gasteiger partial charge in [0.1, 0.15) is 16.4 Å². The number of carbonyl (C=O) groups excluding carboxylic acids is 1. The van der Waals surface area contributed by atoms with Gasteiger partial charge in [0.05, 0.1) is 12.2 Å². The van der Waals surface area contributed by atoms with Crippen molar-refractivity contribution in [3.8, 4) is 0 Å². The number of rotatable bonds is 3. The van der Waals surface area contributed by atoms with Gasteiger partial charge in [-0.3, -0.25) is 9.69 Å². The van der Waals surface area contributed by atoms with Crippen LogP contribution in [-0.2, 0) is 14.8 Å². The Morgan fingerprint density at radius 2 is 1.93 bits per heavy atom. The second kappa shape index (κ2) is 7.16. The van der Waals surface area contributed by atoms with Crippen molar-refractivity contribution in [1.82, 2.24) is 14.6 Å². The third kappa shape index (κ3) is 3.87. The van der Waals surface area contributed by atoms with E-state index in [9.17, 15) is 13.2 Å². The third-order valence-corrected chi connectivity index (χ3v) is 6.71. The first-order chi connectivity index (χ1) is 13.4. The Kier molecular flexibility index (Phi) is 4.82. The van der Waals surface area contributed by atoms with Gasteiger partial charge in [0.15, 0.2) is 0 Å². The molecule has 3 N–H and O–H groups in total. The Morgan fingerprint density at radius 3 is 2.68 bits per heavy atom. The quantitative estimate of drug-likeness (QED) is 0.721. The molecule has 0 bridgehead atoms. The van der Waals surface area contributed by atoms with Gasteiger partial charge < -0.3 is 10.6 Å². The molecule has 1 amide bonds. The summed E-state index contributed by atoms with van der Waals surface area (Å²) >= 11 is 0. The van der Waals surface area contributed by atoms with Crippen LogP contribution in [0.2, 0.25) is 0 Å². The van der Waals surface area contributed by atoms with Crippen molar-refractivity contribution >= 4 is 27.4 Å². The number of nitrogens with zero attached hydrogens (tertiary/aromatic N) is 2. The van der Waals surface area contributed by atoms with E-state index >= 15 is 0 Å². The second-order valence-electron chi connectivity index (χ2n) is 7.30. The van der Waals surface area contributed by atoms with Gasteiger partial charge in [0.2, 0.25) is 15.9 Å². The minimum atomic E-state index is -3.55. The number of anilines is 2. The molecule has 2 aliphatic rings. The fourth-order valence-electron chi connectivity index (χ4n) is 3.72. The SMILES string of the molecule is Cc1cccc(NC(=O)CN2CCC3(CC2)Nc2ccccc2S(=O)(=O)N3)n1. The molecule has 1 fully saturated rings. The van der Waals surface area contributed by atoms with Crippen LogP contribution in [0.1, 0.15) is 18.5 Å². The van der Waals surface area contributed by atoms with Crippen LogP contribution < -0.4 is 15.4 Å². The predicted octanol–water partition coefficient (Wildman–Crippen LogP) is 1.52. The first kappa shape index (κ1) is 18.9. The number of hydrogen-bond acceptors (Lipinski definition) is 6. The fraction of sp³-hybridized carbons (Fsp3) is 0.368. The average Bonchev–Trinajstić information content (AvgIpc) is 2.63. The summed E-state index contributed by atoms with van der Waals surface area (Å²) in [4.78, 5) is 18.9. The van der Waals surface area contributed by atoms with Gasteiger partial charge in [-0.1, -0.05) is 18.2 Å². The number of nitrogens with one attached hydrogen (secondary N) is 3. The Hall–Kier alpha value is -2.49. The predicted molar refractivity (Wildman–Crippen MR) is 106 cm³/mol. The molecule has 1 aromatic carbocycles. The van der Waals surface area contributed by atoms with E-state index in [-0.39, 0.29) is 17.3 Å². The van der Waals surface area contributed by atoms with E-state index in [4.69, 9.17) is 0 Å². The average molecular weight is 401 g/mol. The molecule has 1 saturated heterocycles. The van der Waals surface area contributed by atoms with E-state index in [2.05, 4.69) is 20.3 Å². The largest absolute Gasteiger partial charge is 0.365 e. The van der Waals surface area contributed by atoms with Gasteiger partial charge >= 0.3 is 0 Å². The zero-order valence-corrected chi connectivity index (χ0v) is 16.4. The molecule has 0 radical (unpaired) electrons. The van der Waals surface area contributed by atoms with E-state index in [0.29, 0.717) is 37.4 Å². The standard InChI is InChI=1S/C19H23N5O3S/c1-14-5-4-8-17(20-14)21-18(25)13-24-11-9-19(10-12-24)22-15-6-2-3-7-16(15)28(26,27)23-19/h2-8,22-23H,9-13H2,1H3,(H,20,21,25). The molecular formula is C19H23N5O3S. The second-order valence-corrected chi connectivity index (χ2v) is 8.95. The van der Waals surface area contributed by atoms with Crippen LogP contribution in [0, 0.1) is 6.92 Å². The van der Waals surface area contributed by atoms with Gasteiger partial charge in [-0.05, 0) is 44.0 Å². The van der Waals surface area contributed by atoms with Crippen LogP contribution in [0.25, 0.3) is 0 Å². The number of hydrogen-bond donors (Lipinski definition) is 3. The normalized spacial score (nSPS) is 20.2. The van der Waals surface area contributed by atoms with E-state index < -0.39 is 15.7 Å². The van der Waals surface area contributed by atoms with Crippen LogP contribution in [0.3, 0.4) is 0 Å². The summed E-state index contributed by atoms with van der Waals surface area (Å²) in [5, 5.41) is 6.17. The number of piperidine rings is 1. The maximum absolute atomic E-state index is 12.6. The number of sulfonamides is 1. The molecule has 1 aromatic heterocycles. The lowest BCUT2D eigenvalue weighted by Gasteiger charge is -2.45. The number of carbonyl (C=O) groups is 1. The lowest BCUT2D eigenvalue weighted by Crippen LogP contribution is -2.62. The minimum Gasteiger partial charge on any atom is -0.365 e. The molecule has 9 heteroatoms. The molecule has 0 aliphatic carbocycles. The summed E-state index contributed by atoms with van der Waals surface area (Å²) in [7, 11) is -3.55. The molecule has 0 unspecified atom stereocenters. The lowest BCUT2D eigenvalue weighted by molar-refractivity contribution is -0.117. The number of aromatic nitrogens is 1. The van der Waals surface area contributed by atoms with E-state index in [1.807, 2.05) is 30.0 Å².